The zero-order valence-corrected chi connectivity index (χ0v) is 15.1. The van der Waals surface area contributed by atoms with E-state index in [2.05, 4.69) is 29.7 Å². The first-order valence-corrected chi connectivity index (χ1v) is 9.02. The van der Waals surface area contributed by atoms with E-state index in [-0.39, 0.29) is 5.91 Å². The minimum Gasteiger partial charge on any atom is -0.399 e. The van der Waals surface area contributed by atoms with E-state index in [1.165, 1.54) is 5.56 Å². The average Bonchev–Trinajstić information content (AvgIpc) is 3.02. The Hall–Kier alpha value is -3.53. The molecule has 0 aromatic heterocycles. The number of hydrogen-bond acceptors (Lipinski definition) is 3. The van der Waals surface area contributed by atoms with E-state index in [0.29, 0.717) is 11.3 Å². The maximum Gasteiger partial charge on any atom is 0.258 e. The summed E-state index contributed by atoms with van der Waals surface area (Å²) in [7, 11) is 0. The lowest BCUT2D eigenvalue weighted by atomic mass is 9.99. The number of hydrogen-bond donors (Lipinski definition) is 3. The summed E-state index contributed by atoms with van der Waals surface area (Å²) in [5.41, 5.74) is 12.7. The summed E-state index contributed by atoms with van der Waals surface area (Å²) >= 11 is 0. The number of nitrogens with two attached hydrogens (primary N) is 1. The van der Waals surface area contributed by atoms with Crippen LogP contribution in [0.2, 0.25) is 0 Å². The molecule has 0 fully saturated rings. The second kappa shape index (κ2) is 7.00. The lowest BCUT2D eigenvalue weighted by Crippen LogP contribution is -2.10. The van der Waals surface area contributed by atoms with E-state index in [1.807, 2.05) is 54.6 Å². The van der Waals surface area contributed by atoms with Crippen LogP contribution >= 0.6 is 0 Å². The van der Waals surface area contributed by atoms with Crippen LogP contribution in [-0.4, -0.2) is 5.91 Å². The molecule has 1 aliphatic heterocycles. The Bertz CT molecular complexity index is 1020. The van der Waals surface area contributed by atoms with Crippen LogP contribution in [0.1, 0.15) is 23.6 Å². The van der Waals surface area contributed by atoms with Crippen molar-refractivity contribution >= 4 is 34.2 Å². The van der Waals surface area contributed by atoms with Gasteiger partial charge >= 0.3 is 0 Å². The van der Waals surface area contributed by atoms with Crippen molar-refractivity contribution in [3.8, 4) is 0 Å². The standard InChI is InChI=1S/C23H21N3O/c1-2-15-8-11-18(12-9-15)25-22(16-6-4-3-5-7-16)21-19-14-17(24)10-13-20(19)26-23(21)27/h3-14,25H,2,24H2,1H3,(H,26,27). The van der Waals surface area contributed by atoms with Crippen molar-refractivity contribution in [3.63, 3.8) is 0 Å². The minimum atomic E-state index is -0.132. The molecule has 4 N–H and O–H groups in total. The first kappa shape index (κ1) is 16.9. The number of aryl methyl sites for hydroxylation is 1. The highest BCUT2D eigenvalue weighted by Crippen LogP contribution is 2.38. The van der Waals surface area contributed by atoms with Gasteiger partial charge in [0.1, 0.15) is 0 Å². The molecule has 0 saturated heterocycles. The number of carbonyl (C=O) groups is 1. The van der Waals surface area contributed by atoms with Gasteiger partial charge in [-0.3, -0.25) is 4.79 Å². The molecule has 0 bridgehead atoms. The number of benzene rings is 3. The molecule has 1 amide bonds. The summed E-state index contributed by atoms with van der Waals surface area (Å²) in [4.78, 5) is 12.8. The maximum atomic E-state index is 12.8. The Labute approximate surface area is 158 Å². The van der Waals surface area contributed by atoms with Crippen LogP contribution in [0.15, 0.2) is 72.8 Å². The molecule has 27 heavy (non-hydrogen) atoms. The molecule has 3 aromatic rings. The van der Waals surface area contributed by atoms with E-state index < -0.39 is 0 Å². The summed E-state index contributed by atoms with van der Waals surface area (Å²) in [6, 6.07) is 23.6. The molecule has 0 unspecified atom stereocenters. The number of amides is 1. The van der Waals surface area contributed by atoms with E-state index in [1.54, 1.807) is 6.07 Å². The van der Waals surface area contributed by atoms with Gasteiger partial charge < -0.3 is 16.4 Å². The van der Waals surface area contributed by atoms with Gasteiger partial charge in [-0.1, -0.05) is 49.4 Å². The number of carbonyl (C=O) groups excluding carboxylic acids is 1. The third-order valence-electron chi connectivity index (χ3n) is 4.73. The van der Waals surface area contributed by atoms with Crippen LogP contribution < -0.4 is 16.4 Å². The van der Waals surface area contributed by atoms with Crippen molar-refractivity contribution in [3.05, 3.63) is 89.5 Å². The van der Waals surface area contributed by atoms with Crippen LogP contribution in [-0.2, 0) is 11.2 Å². The lowest BCUT2D eigenvalue weighted by molar-refractivity contribution is -0.110. The number of nitrogens with one attached hydrogen (secondary N) is 2. The zero-order valence-electron chi connectivity index (χ0n) is 15.1. The largest absolute Gasteiger partial charge is 0.399 e. The second-order valence-electron chi connectivity index (χ2n) is 6.55. The van der Waals surface area contributed by atoms with Gasteiger partial charge in [0.05, 0.1) is 11.3 Å². The predicted molar refractivity (Wildman–Crippen MR) is 112 cm³/mol. The highest BCUT2D eigenvalue weighted by Gasteiger charge is 2.28. The van der Waals surface area contributed by atoms with Crippen molar-refractivity contribution in [2.24, 2.45) is 0 Å². The Morgan fingerprint density at radius 3 is 2.44 bits per heavy atom. The first-order valence-electron chi connectivity index (χ1n) is 9.02. The molecule has 0 saturated carbocycles. The van der Waals surface area contributed by atoms with Crippen molar-refractivity contribution in [2.75, 3.05) is 16.4 Å². The fourth-order valence-electron chi connectivity index (χ4n) is 3.28. The smallest absolute Gasteiger partial charge is 0.258 e. The molecule has 4 rings (SSSR count). The molecular formula is C23H21N3O. The van der Waals surface area contributed by atoms with Crippen LogP contribution in [0.4, 0.5) is 17.1 Å². The van der Waals surface area contributed by atoms with Gasteiger partial charge in [0.15, 0.2) is 0 Å². The summed E-state index contributed by atoms with van der Waals surface area (Å²) in [5.74, 6) is -0.132. The van der Waals surface area contributed by atoms with E-state index in [4.69, 9.17) is 5.73 Å². The maximum absolute atomic E-state index is 12.8. The molecule has 0 radical (unpaired) electrons. The fourth-order valence-corrected chi connectivity index (χ4v) is 3.28. The predicted octanol–water partition coefficient (Wildman–Crippen LogP) is 4.76. The normalized spacial score (nSPS) is 14.5. The SMILES string of the molecule is CCc1ccc(NC(=C2C(=O)Nc3ccc(N)cc32)c2ccccc2)cc1. The van der Waals surface area contributed by atoms with Gasteiger partial charge in [-0.2, -0.15) is 0 Å². The molecule has 0 aliphatic carbocycles. The number of nitrogen functional groups attached to an aromatic ring is 1. The topological polar surface area (TPSA) is 67.2 Å². The van der Waals surface area contributed by atoms with E-state index in [9.17, 15) is 4.79 Å². The summed E-state index contributed by atoms with van der Waals surface area (Å²) < 4.78 is 0. The molecule has 4 heteroatoms. The van der Waals surface area contributed by atoms with Crippen molar-refractivity contribution in [2.45, 2.75) is 13.3 Å². The van der Waals surface area contributed by atoms with Crippen molar-refractivity contribution in [1.29, 1.82) is 0 Å². The van der Waals surface area contributed by atoms with Crippen molar-refractivity contribution < 1.29 is 4.79 Å². The molecule has 0 spiro atoms. The van der Waals surface area contributed by atoms with Gasteiger partial charge in [0.25, 0.3) is 5.91 Å². The van der Waals surface area contributed by atoms with E-state index >= 15 is 0 Å². The van der Waals surface area contributed by atoms with Crippen molar-refractivity contribution in [1.82, 2.24) is 0 Å². The van der Waals surface area contributed by atoms with Crippen LogP contribution in [0, 0.1) is 0 Å². The molecule has 1 aliphatic rings. The van der Waals surface area contributed by atoms with Crippen LogP contribution in [0.5, 0.6) is 0 Å². The zero-order chi connectivity index (χ0) is 18.8. The lowest BCUT2D eigenvalue weighted by Gasteiger charge is -2.15. The number of fused-ring (bicyclic) bond motifs is 1. The summed E-state index contributed by atoms with van der Waals surface area (Å²) in [6.45, 7) is 2.13. The number of rotatable bonds is 4. The van der Waals surface area contributed by atoms with Gasteiger partial charge in [-0.15, -0.1) is 0 Å². The molecule has 0 atom stereocenters. The highest BCUT2D eigenvalue weighted by molar-refractivity contribution is 6.37. The molecule has 1 heterocycles. The Morgan fingerprint density at radius 1 is 1.00 bits per heavy atom. The summed E-state index contributed by atoms with van der Waals surface area (Å²) in [6.07, 6.45) is 0.988. The quantitative estimate of drug-likeness (QED) is 0.467. The highest BCUT2D eigenvalue weighted by atomic mass is 16.2. The minimum absolute atomic E-state index is 0.132. The van der Waals surface area contributed by atoms with Gasteiger partial charge in [-0.05, 0) is 47.9 Å². The van der Waals surface area contributed by atoms with Crippen LogP contribution in [0.25, 0.3) is 11.3 Å². The monoisotopic (exact) mass is 355 g/mol. The molecule has 134 valence electrons. The van der Waals surface area contributed by atoms with Gasteiger partial charge in [-0.25, -0.2) is 0 Å². The third-order valence-corrected chi connectivity index (χ3v) is 4.73. The van der Waals surface area contributed by atoms with E-state index in [0.717, 1.165) is 34.6 Å². The molecule has 4 nitrogen and oxygen atoms in total. The molecular weight excluding hydrogens is 334 g/mol. The first-order chi connectivity index (χ1) is 13.2. The molecule has 3 aromatic carbocycles. The Balaban J connectivity index is 1.87. The second-order valence-corrected chi connectivity index (χ2v) is 6.55. The summed E-state index contributed by atoms with van der Waals surface area (Å²) in [5, 5.41) is 6.39. The van der Waals surface area contributed by atoms with Crippen LogP contribution in [0.3, 0.4) is 0 Å². The number of anilines is 3. The third kappa shape index (κ3) is 3.29. The average molecular weight is 355 g/mol. The van der Waals surface area contributed by atoms with Gasteiger partial charge in [0, 0.05) is 22.6 Å². The van der Waals surface area contributed by atoms with Gasteiger partial charge in [0.2, 0.25) is 0 Å². The Morgan fingerprint density at radius 2 is 1.74 bits per heavy atom. The fraction of sp³-hybridized carbons (Fsp3) is 0.0870. The Kier molecular flexibility index (Phi) is 4.38.